The molecule has 3 rings (SSSR count). The fraction of sp³-hybridized carbons (Fsp3) is 0.111. The largest absolute Gasteiger partial charge is 0.460 e. The van der Waals surface area contributed by atoms with E-state index in [1.54, 1.807) is 0 Å². The van der Waals surface area contributed by atoms with Crippen molar-refractivity contribution in [3.63, 3.8) is 0 Å². The summed E-state index contributed by atoms with van der Waals surface area (Å²) < 4.78 is 5.84. The van der Waals surface area contributed by atoms with Crippen LogP contribution >= 0.6 is 35.6 Å². The van der Waals surface area contributed by atoms with Crippen molar-refractivity contribution >= 4 is 35.6 Å². The highest BCUT2D eigenvalue weighted by Gasteiger charge is 2.05. The Labute approximate surface area is 151 Å². The molecule has 23 heavy (non-hydrogen) atoms. The van der Waals surface area contributed by atoms with E-state index in [2.05, 4.69) is 5.32 Å². The third kappa shape index (κ3) is 4.76. The molecule has 0 amide bonds. The molecule has 2 aromatic carbocycles. The Balaban J connectivity index is 0.00000192. The predicted molar refractivity (Wildman–Crippen MR) is 98.4 cm³/mol. The Hall–Kier alpha value is -1.45. The van der Waals surface area contributed by atoms with E-state index >= 15 is 0 Å². The Kier molecular flexibility index (Phi) is 6.55. The van der Waals surface area contributed by atoms with E-state index in [0.29, 0.717) is 18.1 Å². The summed E-state index contributed by atoms with van der Waals surface area (Å²) in [7, 11) is 0. The highest BCUT2D eigenvalue weighted by atomic mass is 35.5. The minimum Gasteiger partial charge on any atom is -0.460 e. The molecule has 0 saturated carbocycles. The van der Waals surface area contributed by atoms with E-state index in [1.165, 1.54) is 0 Å². The summed E-state index contributed by atoms with van der Waals surface area (Å²) in [6.45, 7) is 1.35. The number of hydrogen-bond acceptors (Lipinski definition) is 2. The molecule has 0 spiro atoms. The lowest BCUT2D eigenvalue weighted by atomic mass is 10.2. The second-order valence-electron chi connectivity index (χ2n) is 4.97. The minimum absolute atomic E-state index is 0. The van der Waals surface area contributed by atoms with Crippen LogP contribution in [0.5, 0.6) is 0 Å². The Morgan fingerprint density at radius 2 is 1.70 bits per heavy atom. The Bertz CT molecular complexity index is 770. The van der Waals surface area contributed by atoms with Crippen LogP contribution in [0.4, 0.5) is 0 Å². The average Bonchev–Trinajstić information content (AvgIpc) is 2.98. The molecule has 0 aliphatic carbocycles. The predicted octanol–water partition coefficient (Wildman–Crippen LogP) is 5.97. The third-order valence-electron chi connectivity index (χ3n) is 3.34. The Morgan fingerprint density at radius 3 is 2.48 bits per heavy atom. The van der Waals surface area contributed by atoms with Crippen LogP contribution in [0.3, 0.4) is 0 Å². The van der Waals surface area contributed by atoms with Crippen molar-refractivity contribution < 1.29 is 4.42 Å². The zero-order valence-electron chi connectivity index (χ0n) is 12.3. The topological polar surface area (TPSA) is 25.2 Å². The third-order valence-corrected chi connectivity index (χ3v) is 3.95. The summed E-state index contributed by atoms with van der Waals surface area (Å²) in [6.07, 6.45) is 0. The van der Waals surface area contributed by atoms with Crippen LogP contribution in [0.25, 0.3) is 11.3 Å². The summed E-state index contributed by atoms with van der Waals surface area (Å²) in [5, 5.41) is 4.80. The molecule has 0 fully saturated rings. The number of furan rings is 1. The van der Waals surface area contributed by atoms with Crippen LogP contribution in [0.1, 0.15) is 11.3 Å². The average molecular weight is 369 g/mol. The monoisotopic (exact) mass is 367 g/mol. The zero-order chi connectivity index (χ0) is 15.4. The second-order valence-corrected chi connectivity index (χ2v) is 5.81. The first-order valence-electron chi connectivity index (χ1n) is 7.01. The number of hydrogen-bond donors (Lipinski definition) is 1. The quantitative estimate of drug-likeness (QED) is 0.600. The molecule has 0 unspecified atom stereocenters. The molecule has 0 atom stereocenters. The van der Waals surface area contributed by atoms with Gasteiger partial charge in [-0.05, 0) is 35.9 Å². The van der Waals surface area contributed by atoms with Gasteiger partial charge in [0.25, 0.3) is 0 Å². The van der Waals surface area contributed by atoms with Gasteiger partial charge in [-0.25, -0.2) is 0 Å². The highest BCUT2D eigenvalue weighted by molar-refractivity contribution is 6.31. The van der Waals surface area contributed by atoms with Gasteiger partial charge in [0.2, 0.25) is 0 Å². The molecule has 0 saturated heterocycles. The van der Waals surface area contributed by atoms with E-state index in [4.69, 9.17) is 27.6 Å². The summed E-state index contributed by atoms with van der Waals surface area (Å²) in [4.78, 5) is 0. The molecule has 0 aliphatic heterocycles. The summed E-state index contributed by atoms with van der Waals surface area (Å²) >= 11 is 12.1. The van der Waals surface area contributed by atoms with Crippen molar-refractivity contribution in [1.29, 1.82) is 0 Å². The molecular formula is C18H16Cl3NO. The number of nitrogens with one attached hydrogen (secondary N) is 1. The van der Waals surface area contributed by atoms with E-state index in [-0.39, 0.29) is 12.4 Å². The lowest BCUT2D eigenvalue weighted by molar-refractivity contribution is 0.493. The summed E-state index contributed by atoms with van der Waals surface area (Å²) in [6, 6.07) is 19.4. The molecule has 2 nitrogen and oxygen atoms in total. The minimum atomic E-state index is 0. The van der Waals surface area contributed by atoms with Crippen LogP contribution in [-0.2, 0) is 13.1 Å². The van der Waals surface area contributed by atoms with Gasteiger partial charge in [-0.1, -0.05) is 53.5 Å². The van der Waals surface area contributed by atoms with E-state index in [0.717, 1.165) is 27.7 Å². The van der Waals surface area contributed by atoms with Crippen molar-refractivity contribution in [3.8, 4) is 11.3 Å². The van der Waals surface area contributed by atoms with Crippen molar-refractivity contribution in [1.82, 2.24) is 5.32 Å². The molecular weight excluding hydrogens is 353 g/mol. The number of halogens is 3. The standard InChI is InChI=1S/C18H15Cl2NO.ClH/c19-15-6-3-5-13(10-15)18-9-8-16(22-18)12-21-11-14-4-1-2-7-17(14)20;/h1-10,21H,11-12H2;1H. The maximum Gasteiger partial charge on any atom is 0.134 e. The van der Waals surface area contributed by atoms with Gasteiger partial charge >= 0.3 is 0 Å². The second kappa shape index (κ2) is 8.42. The van der Waals surface area contributed by atoms with Gasteiger partial charge in [0, 0.05) is 22.2 Å². The van der Waals surface area contributed by atoms with Gasteiger partial charge in [0.1, 0.15) is 11.5 Å². The molecule has 3 aromatic rings. The highest BCUT2D eigenvalue weighted by Crippen LogP contribution is 2.24. The van der Waals surface area contributed by atoms with Gasteiger partial charge < -0.3 is 9.73 Å². The van der Waals surface area contributed by atoms with Crippen molar-refractivity contribution in [2.45, 2.75) is 13.1 Å². The molecule has 1 aromatic heterocycles. The normalized spacial score (nSPS) is 10.3. The summed E-state index contributed by atoms with van der Waals surface area (Å²) in [5.41, 5.74) is 2.05. The first-order valence-corrected chi connectivity index (χ1v) is 7.77. The van der Waals surface area contributed by atoms with Gasteiger partial charge in [0.15, 0.2) is 0 Å². The van der Waals surface area contributed by atoms with Crippen LogP contribution < -0.4 is 5.32 Å². The Morgan fingerprint density at radius 1 is 0.870 bits per heavy atom. The first kappa shape index (κ1) is 17.9. The number of benzene rings is 2. The molecule has 120 valence electrons. The lowest BCUT2D eigenvalue weighted by Gasteiger charge is -2.05. The molecule has 5 heteroatoms. The van der Waals surface area contributed by atoms with Gasteiger partial charge in [0.05, 0.1) is 6.54 Å². The molecule has 0 aliphatic rings. The summed E-state index contributed by atoms with van der Waals surface area (Å²) in [5.74, 6) is 1.69. The maximum absolute atomic E-state index is 6.13. The maximum atomic E-state index is 6.13. The van der Waals surface area contributed by atoms with E-state index in [1.807, 2.05) is 60.7 Å². The van der Waals surface area contributed by atoms with Crippen LogP contribution in [0.15, 0.2) is 65.1 Å². The number of rotatable bonds is 5. The molecule has 1 N–H and O–H groups in total. The van der Waals surface area contributed by atoms with Gasteiger partial charge in [-0.2, -0.15) is 0 Å². The zero-order valence-corrected chi connectivity index (χ0v) is 14.6. The van der Waals surface area contributed by atoms with Crippen molar-refractivity contribution in [3.05, 3.63) is 82.0 Å². The lowest BCUT2D eigenvalue weighted by Crippen LogP contribution is -2.12. The van der Waals surface area contributed by atoms with Crippen molar-refractivity contribution in [2.75, 3.05) is 0 Å². The SMILES string of the molecule is Cl.Clc1cccc(-c2ccc(CNCc3ccccc3Cl)o2)c1. The molecule has 0 radical (unpaired) electrons. The molecule has 1 heterocycles. The van der Waals surface area contributed by atoms with Crippen LogP contribution in [0, 0.1) is 0 Å². The fourth-order valence-electron chi connectivity index (χ4n) is 2.23. The molecule has 0 bridgehead atoms. The van der Waals surface area contributed by atoms with Crippen LogP contribution in [-0.4, -0.2) is 0 Å². The van der Waals surface area contributed by atoms with Crippen LogP contribution in [0.2, 0.25) is 10.0 Å². The fourth-order valence-corrected chi connectivity index (χ4v) is 2.62. The van der Waals surface area contributed by atoms with Gasteiger partial charge in [-0.15, -0.1) is 12.4 Å². The van der Waals surface area contributed by atoms with E-state index < -0.39 is 0 Å². The van der Waals surface area contributed by atoms with E-state index in [9.17, 15) is 0 Å². The van der Waals surface area contributed by atoms with Crippen molar-refractivity contribution in [2.24, 2.45) is 0 Å². The van der Waals surface area contributed by atoms with Gasteiger partial charge in [-0.3, -0.25) is 0 Å². The smallest absolute Gasteiger partial charge is 0.134 e. The first-order chi connectivity index (χ1) is 10.7.